The van der Waals surface area contributed by atoms with Crippen molar-refractivity contribution >= 4 is 5.97 Å². The molecule has 0 spiro atoms. The van der Waals surface area contributed by atoms with E-state index in [1.165, 1.54) is 17.0 Å². The second-order valence-corrected chi connectivity index (χ2v) is 8.96. The molecule has 0 radical (unpaired) electrons. The number of ether oxygens (including phenoxy) is 1. The van der Waals surface area contributed by atoms with E-state index in [0.29, 0.717) is 6.04 Å². The number of fused-ring (bicyclic) bond motifs is 3. The van der Waals surface area contributed by atoms with E-state index < -0.39 is 5.60 Å². The molecule has 3 heterocycles. The van der Waals surface area contributed by atoms with Crippen LogP contribution in [0.5, 0.6) is 0 Å². The maximum atomic E-state index is 13.2. The Morgan fingerprint density at radius 3 is 2.43 bits per heavy atom. The fourth-order valence-corrected chi connectivity index (χ4v) is 4.72. The molecule has 0 N–H and O–H groups in total. The number of carbonyl (C=O) groups excluding carboxylic acids is 1. The second-order valence-electron chi connectivity index (χ2n) is 8.96. The maximum absolute atomic E-state index is 13.2. The summed E-state index contributed by atoms with van der Waals surface area (Å²) in [6, 6.07) is 15.1. The third-order valence-corrected chi connectivity index (χ3v) is 5.96. The summed E-state index contributed by atoms with van der Waals surface area (Å²) >= 11 is 0. The summed E-state index contributed by atoms with van der Waals surface area (Å²) in [6.45, 7) is 11.9. The predicted molar refractivity (Wildman–Crippen MR) is 111 cm³/mol. The zero-order chi connectivity index (χ0) is 20.1. The standard InChI is InChI=1S/C24H30N2O2/c1-16-11-12-20-21-15-19(18-9-7-6-8-10-18)22(23(27)28-24(3,4)5)17(2)26(21)14-13-25(16)20/h6-12,19,21H,13-15H2,1-5H3/t19-,21?/m0/s1. The molecule has 0 saturated carbocycles. The van der Waals surface area contributed by atoms with Gasteiger partial charge in [-0.3, -0.25) is 0 Å². The molecule has 0 fully saturated rings. The Morgan fingerprint density at radius 1 is 1.04 bits per heavy atom. The van der Waals surface area contributed by atoms with Gasteiger partial charge in [-0.05, 0) is 58.7 Å². The Bertz CT molecular complexity index is 918. The number of aryl methyl sites for hydroxylation is 1. The lowest BCUT2D eigenvalue weighted by molar-refractivity contribution is -0.150. The van der Waals surface area contributed by atoms with Crippen LogP contribution >= 0.6 is 0 Å². The van der Waals surface area contributed by atoms with Gasteiger partial charge in [-0.25, -0.2) is 4.79 Å². The van der Waals surface area contributed by atoms with Crippen molar-refractivity contribution in [3.63, 3.8) is 0 Å². The highest BCUT2D eigenvalue weighted by molar-refractivity contribution is 5.91. The van der Waals surface area contributed by atoms with Gasteiger partial charge in [0.25, 0.3) is 0 Å². The Morgan fingerprint density at radius 2 is 1.75 bits per heavy atom. The molecule has 4 rings (SSSR count). The number of benzene rings is 1. The van der Waals surface area contributed by atoms with Gasteiger partial charge in [-0.2, -0.15) is 0 Å². The van der Waals surface area contributed by atoms with E-state index in [0.717, 1.165) is 30.8 Å². The number of rotatable bonds is 2. The van der Waals surface area contributed by atoms with E-state index in [-0.39, 0.29) is 11.9 Å². The van der Waals surface area contributed by atoms with Gasteiger partial charge < -0.3 is 14.2 Å². The minimum atomic E-state index is -0.504. The van der Waals surface area contributed by atoms with Crippen LogP contribution in [0.1, 0.15) is 63.0 Å². The molecule has 4 nitrogen and oxygen atoms in total. The summed E-state index contributed by atoms with van der Waals surface area (Å²) in [6.07, 6.45) is 0.888. The molecule has 2 aliphatic heterocycles. The van der Waals surface area contributed by atoms with Gasteiger partial charge in [0.05, 0.1) is 11.6 Å². The fourth-order valence-electron chi connectivity index (χ4n) is 4.72. The highest BCUT2D eigenvalue weighted by Gasteiger charge is 2.41. The summed E-state index contributed by atoms with van der Waals surface area (Å²) in [5.74, 6) is -0.145. The molecule has 1 aromatic heterocycles. The Balaban J connectivity index is 1.81. The van der Waals surface area contributed by atoms with Gasteiger partial charge in [0.1, 0.15) is 5.60 Å². The number of nitrogens with zero attached hydrogens (tertiary/aromatic N) is 2. The van der Waals surface area contributed by atoms with Crippen LogP contribution in [0.25, 0.3) is 0 Å². The molecule has 0 bridgehead atoms. The summed E-state index contributed by atoms with van der Waals surface area (Å²) < 4.78 is 8.25. The van der Waals surface area contributed by atoms with Crippen molar-refractivity contribution in [3.05, 3.63) is 70.7 Å². The van der Waals surface area contributed by atoms with Crippen molar-refractivity contribution in [3.8, 4) is 0 Å². The highest BCUT2D eigenvalue weighted by atomic mass is 16.6. The van der Waals surface area contributed by atoms with Crippen LogP contribution in [0.2, 0.25) is 0 Å². The largest absolute Gasteiger partial charge is 0.457 e. The van der Waals surface area contributed by atoms with Crippen molar-refractivity contribution in [1.29, 1.82) is 0 Å². The minimum Gasteiger partial charge on any atom is -0.457 e. The van der Waals surface area contributed by atoms with E-state index in [4.69, 9.17) is 4.74 Å². The van der Waals surface area contributed by atoms with E-state index in [1.807, 2.05) is 26.8 Å². The van der Waals surface area contributed by atoms with Crippen molar-refractivity contribution in [2.45, 2.75) is 65.1 Å². The third kappa shape index (κ3) is 3.25. The highest BCUT2D eigenvalue weighted by Crippen LogP contribution is 2.47. The fraction of sp³-hybridized carbons (Fsp3) is 0.458. The molecule has 0 saturated heterocycles. The van der Waals surface area contributed by atoms with E-state index in [9.17, 15) is 4.79 Å². The van der Waals surface area contributed by atoms with Crippen LogP contribution < -0.4 is 0 Å². The molecule has 0 aliphatic carbocycles. The smallest absolute Gasteiger partial charge is 0.336 e. The first-order valence-corrected chi connectivity index (χ1v) is 10.2. The van der Waals surface area contributed by atoms with Crippen molar-refractivity contribution in [1.82, 2.24) is 9.47 Å². The summed E-state index contributed by atoms with van der Waals surface area (Å²) in [4.78, 5) is 15.6. The number of hydrogen-bond donors (Lipinski definition) is 0. The zero-order valence-corrected chi connectivity index (χ0v) is 17.5. The molecular formula is C24H30N2O2. The van der Waals surface area contributed by atoms with Crippen LogP contribution in [-0.2, 0) is 16.1 Å². The predicted octanol–water partition coefficient (Wildman–Crippen LogP) is 4.96. The number of allylic oxidation sites excluding steroid dienone is 1. The molecule has 1 unspecified atom stereocenters. The molecular weight excluding hydrogens is 348 g/mol. The zero-order valence-electron chi connectivity index (χ0n) is 17.5. The molecule has 2 aliphatic rings. The molecule has 2 atom stereocenters. The van der Waals surface area contributed by atoms with Crippen molar-refractivity contribution in [2.75, 3.05) is 6.54 Å². The molecule has 0 amide bonds. The summed E-state index contributed by atoms with van der Waals surface area (Å²) in [5, 5.41) is 0. The van der Waals surface area contributed by atoms with Crippen LogP contribution in [0.4, 0.5) is 0 Å². The number of hydrogen-bond acceptors (Lipinski definition) is 3. The van der Waals surface area contributed by atoms with E-state index in [1.54, 1.807) is 0 Å². The Kier molecular flexibility index (Phi) is 4.60. The molecule has 1 aromatic carbocycles. The van der Waals surface area contributed by atoms with Gasteiger partial charge in [-0.15, -0.1) is 0 Å². The summed E-state index contributed by atoms with van der Waals surface area (Å²) in [7, 11) is 0. The molecule has 148 valence electrons. The lowest BCUT2D eigenvalue weighted by atomic mass is 9.79. The Hall–Kier alpha value is -2.49. The maximum Gasteiger partial charge on any atom is 0.336 e. The number of carbonyl (C=O) groups is 1. The molecule has 4 heteroatoms. The van der Waals surface area contributed by atoms with Crippen LogP contribution in [0.15, 0.2) is 53.7 Å². The van der Waals surface area contributed by atoms with Gasteiger partial charge in [0.15, 0.2) is 0 Å². The first-order chi connectivity index (χ1) is 13.3. The van der Waals surface area contributed by atoms with Gasteiger partial charge in [-0.1, -0.05) is 30.3 Å². The topological polar surface area (TPSA) is 34.5 Å². The third-order valence-electron chi connectivity index (χ3n) is 5.96. The molecule has 28 heavy (non-hydrogen) atoms. The van der Waals surface area contributed by atoms with Crippen LogP contribution in [-0.4, -0.2) is 27.6 Å². The summed E-state index contributed by atoms with van der Waals surface area (Å²) in [5.41, 5.74) is 5.22. The van der Waals surface area contributed by atoms with Gasteiger partial charge in [0.2, 0.25) is 0 Å². The monoisotopic (exact) mass is 378 g/mol. The number of aromatic nitrogens is 1. The first kappa shape index (κ1) is 18.9. The SMILES string of the molecule is CC1=C(C(=O)OC(C)(C)C)[C@H](c2ccccc2)CC2c3ccc(C)n3CCN12. The van der Waals surface area contributed by atoms with Crippen LogP contribution in [0.3, 0.4) is 0 Å². The van der Waals surface area contributed by atoms with Crippen LogP contribution in [0, 0.1) is 6.92 Å². The normalized spacial score (nSPS) is 22.0. The van der Waals surface area contributed by atoms with Gasteiger partial charge in [0, 0.05) is 36.1 Å². The van der Waals surface area contributed by atoms with Gasteiger partial charge >= 0.3 is 5.97 Å². The average molecular weight is 379 g/mol. The van der Waals surface area contributed by atoms with E-state index in [2.05, 4.69) is 59.7 Å². The molecule has 2 aromatic rings. The lowest BCUT2D eigenvalue weighted by Crippen LogP contribution is -2.43. The lowest BCUT2D eigenvalue weighted by Gasteiger charge is -2.46. The average Bonchev–Trinajstić information content (AvgIpc) is 3.02. The first-order valence-electron chi connectivity index (χ1n) is 10.2. The van der Waals surface area contributed by atoms with E-state index >= 15 is 0 Å². The van der Waals surface area contributed by atoms with Crippen molar-refractivity contribution < 1.29 is 9.53 Å². The van der Waals surface area contributed by atoms with Crippen molar-refractivity contribution in [2.24, 2.45) is 0 Å². The second kappa shape index (κ2) is 6.84. The number of esters is 1. The Labute approximate surface area is 167 Å². The quantitative estimate of drug-likeness (QED) is 0.693. The minimum absolute atomic E-state index is 0.0408.